The van der Waals surface area contributed by atoms with Gasteiger partial charge in [0.15, 0.2) is 0 Å². The molecule has 4 nitrogen and oxygen atoms in total. The topological polar surface area (TPSA) is 49.8 Å². The lowest BCUT2D eigenvalue weighted by Gasteiger charge is -2.20. The summed E-state index contributed by atoms with van der Waals surface area (Å²) in [6, 6.07) is 0. The van der Waals surface area contributed by atoms with Crippen LogP contribution in [-0.4, -0.2) is 55.5 Å². The van der Waals surface area contributed by atoms with Gasteiger partial charge in [0.2, 0.25) is 0 Å². The molecule has 0 saturated carbocycles. The van der Waals surface area contributed by atoms with Crippen LogP contribution in [0.3, 0.4) is 0 Å². The van der Waals surface area contributed by atoms with E-state index in [1.807, 2.05) is 0 Å². The molecule has 0 bridgehead atoms. The maximum Gasteiger partial charge on any atom is 0.393 e. The molecular formula is C9H14F3NO3. The summed E-state index contributed by atoms with van der Waals surface area (Å²) >= 11 is 0. The number of hydrogen-bond acceptors (Lipinski definition) is 3. The van der Waals surface area contributed by atoms with Crippen molar-refractivity contribution in [3.8, 4) is 0 Å². The molecule has 0 aromatic heterocycles. The lowest BCUT2D eigenvalue weighted by Crippen LogP contribution is -2.32. The second-order valence-corrected chi connectivity index (χ2v) is 3.95. The van der Waals surface area contributed by atoms with Crippen molar-refractivity contribution in [2.24, 2.45) is 11.8 Å². The largest absolute Gasteiger partial charge is 0.480 e. The molecule has 0 spiro atoms. The minimum Gasteiger partial charge on any atom is -0.480 e. The smallest absolute Gasteiger partial charge is 0.393 e. The van der Waals surface area contributed by atoms with Crippen LogP contribution in [-0.2, 0) is 9.53 Å². The minimum absolute atomic E-state index is 0.000293. The summed E-state index contributed by atoms with van der Waals surface area (Å²) in [6.45, 7) is -0.499. The third-order valence-corrected chi connectivity index (χ3v) is 2.68. The third-order valence-electron chi connectivity index (χ3n) is 2.68. The van der Waals surface area contributed by atoms with Gasteiger partial charge in [0, 0.05) is 26.1 Å². The number of methoxy groups -OCH3 is 1. The monoisotopic (exact) mass is 241 g/mol. The van der Waals surface area contributed by atoms with Gasteiger partial charge in [-0.2, -0.15) is 13.2 Å². The van der Waals surface area contributed by atoms with Crippen LogP contribution in [0.15, 0.2) is 0 Å². The van der Waals surface area contributed by atoms with Crippen molar-refractivity contribution in [1.82, 2.24) is 4.90 Å². The molecular weight excluding hydrogens is 227 g/mol. The molecule has 0 unspecified atom stereocenters. The number of hydrogen-bond donors (Lipinski definition) is 1. The molecule has 1 N–H and O–H groups in total. The zero-order chi connectivity index (χ0) is 12.3. The van der Waals surface area contributed by atoms with Gasteiger partial charge in [-0.15, -0.1) is 0 Å². The predicted molar refractivity (Wildman–Crippen MR) is 49.0 cm³/mol. The number of halogens is 3. The highest BCUT2D eigenvalue weighted by molar-refractivity contribution is 5.69. The van der Waals surface area contributed by atoms with Crippen LogP contribution < -0.4 is 0 Å². The summed E-state index contributed by atoms with van der Waals surface area (Å²) in [7, 11) is 1.34. The Morgan fingerprint density at radius 3 is 2.56 bits per heavy atom. The zero-order valence-corrected chi connectivity index (χ0v) is 8.83. The third kappa shape index (κ3) is 3.34. The van der Waals surface area contributed by atoms with E-state index < -0.39 is 24.0 Å². The molecule has 0 aromatic rings. The average molecular weight is 241 g/mol. The molecule has 0 aliphatic carbocycles. The van der Waals surface area contributed by atoms with E-state index in [1.54, 1.807) is 0 Å². The number of alkyl halides is 3. The van der Waals surface area contributed by atoms with Crippen molar-refractivity contribution in [3.63, 3.8) is 0 Å². The minimum atomic E-state index is -4.30. The van der Waals surface area contributed by atoms with Gasteiger partial charge in [-0.25, -0.2) is 0 Å². The summed E-state index contributed by atoms with van der Waals surface area (Å²) in [4.78, 5) is 11.7. The fourth-order valence-corrected chi connectivity index (χ4v) is 2.03. The number of ether oxygens (including phenoxy) is 1. The standard InChI is InChI=1S/C9H14F3NO3/c1-16-5-6-2-13(4-8(14)15)3-7(6)9(10,11)12/h6-7H,2-5H2,1H3,(H,14,15)/t6-,7-/m1/s1. The van der Waals surface area contributed by atoms with Crippen molar-refractivity contribution in [3.05, 3.63) is 0 Å². The normalized spacial score (nSPS) is 27.2. The highest BCUT2D eigenvalue weighted by Crippen LogP contribution is 2.37. The van der Waals surface area contributed by atoms with Gasteiger partial charge < -0.3 is 9.84 Å². The first kappa shape index (κ1) is 13.2. The van der Waals surface area contributed by atoms with Gasteiger partial charge in [-0.05, 0) is 0 Å². The van der Waals surface area contributed by atoms with Gasteiger partial charge in [0.1, 0.15) is 0 Å². The van der Waals surface area contributed by atoms with E-state index in [0.717, 1.165) is 0 Å². The SMILES string of the molecule is COC[C@H]1CN(CC(=O)O)C[C@H]1C(F)(F)F. The number of carboxylic acids is 1. The number of aliphatic carboxylic acids is 1. The first-order valence-electron chi connectivity index (χ1n) is 4.84. The lowest BCUT2D eigenvalue weighted by molar-refractivity contribution is -0.183. The molecule has 0 amide bonds. The molecule has 7 heteroatoms. The summed E-state index contributed by atoms with van der Waals surface area (Å²) in [5.74, 6) is -3.28. The second kappa shape index (κ2) is 5.01. The highest BCUT2D eigenvalue weighted by atomic mass is 19.4. The molecule has 1 rings (SSSR count). The first-order chi connectivity index (χ1) is 7.34. The van der Waals surface area contributed by atoms with E-state index in [-0.39, 0.29) is 26.2 Å². The van der Waals surface area contributed by atoms with Crippen molar-refractivity contribution in [2.75, 3.05) is 33.4 Å². The lowest BCUT2D eigenvalue weighted by atomic mass is 9.96. The maximum absolute atomic E-state index is 12.6. The average Bonchev–Trinajstić information content (AvgIpc) is 2.46. The Morgan fingerprint density at radius 2 is 2.12 bits per heavy atom. The number of rotatable bonds is 4. The number of carboxylic acid groups (broad SMARTS) is 1. The van der Waals surface area contributed by atoms with Crippen LogP contribution in [0.1, 0.15) is 0 Å². The Kier molecular flexibility index (Phi) is 4.15. The predicted octanol–water partition coefficient (Wildman–Crippen LogP) is 0.828. The van der Waals surface area contributed by atoms with Gasteiger partial charge in [0.05, 0.1) is 19.1 Å². The molecule has 2 atom stereocenters. The number of carbonyl (C=O) groups is 1. The molecule has 16 heavy (non-hydrogen) atoms. The fourth-order valence-electron chi connectivity index (χ4n) is 2.03. The molecule has 0 radical (unpaired) electrons. The molecule has 1 heterocycles. The van der Waals surface area contributed by atoms with Crippen LogP contribution in [0.4, 0.5) is 13.2 Å². The summed E-state index contributed by atoms with van der Waals surface area (Å²) in [5.41, 5.74) is 0. The molecule has 94 valence electrons. The Morgan fingerprint density at radius 1 is 1.50 bits per heavy atom. The van der Waals surface area contributed by atoms with Gasteiger partial charge in [-0.3, -0.25) is 9.69 Å². The summed E-state index contributed by atoms with van der Waals surface area (Å²) in [5, 5.41) is 8.52. The molecule has 1 fully saturated rings. The van der Waals surface area contributed by atoms with E-state index in [2.05, 4.69) is 0 Å². The zero-order valence-electron chi connectivity index (χ0n) is 8.83. The molecule has 1 saturated heterocycles. The highest BCUT2D eigenvalue weighted by Gasteiger charge is 2.49. The van der Waals surface area contributed by atoms with Crippen LogP contribution in [0.5, 0.6) is 0 Å². The maximum atomic E-state index is 12.6. The van der Waals surface area contributed by atoms with Gasteiger partial charge in [0.25, 0.3) is 0 Å². The Bertz CT molecular complexity index is 257. The van der Waals surface area contributed by atoms with Crippen molar-refractivity contribution in [1.29, 1.82) is 0 Å². The van der Waals surface area contributed by atoms with E-state index in [9.17, 15) is 18.0 Å². The summed E-state index contributed by atoms with van der Waals surface area (Å²) in [6.07, 6.45) is -4.30. The van der Waals surface area contributed by atoms with Crippen molar-refractivity contribution in [2.45, 2.75) is 6.18 Å². The van der Waals surface area contributed by atoms with Crippen LogP contribution in [0, 0.1) is 11.8 Å². The quantitative estimate of drug-likeness (QED) is 0.792. The van der Waals surface area contributed by atoms with Crippen LogP contribution in [0.2, 0.25) is 0 Å². The van der Waals surface area contributed by atoms with E-state index >= 15 is 0 Å². The van der Waals surface area contributed by atoms with E-state index in [4.69, 9.17) is 9.84 Å². The van der Waals surface area contributed by atoms with Crippen LogP contribution >= 0.6 is 0 Å². The Labute approximate surface area is 91.0 Å². The second-order valence-electron chi connectivity index (χ2n) is 3.95. The molecule has 0 aromatic carbocycles. The van der Waals surface area contributed by atoms with Gasteiger partial charge >= 0.3 is 12.1 Å². The molecule has 1 aliphatic rings. The summed E-state index contributed by atoms with van der Waals surface area (Å²) < 4.78 is 42.6. The van der Waals surface area contributed by atoms with Crippen molar-refractivity contribution < 1.29 is 27.8 Å². The molecule has 1 aliphatic heterocycles. The number of nitrogens with zero attached hydrogens (tertiary/aromatic N) is 1. The fraction of sp³-hybridized carbons (Fsp3) is 0.889. The van der Waals surface area contributed by atoms with E-state index in [1.165, 1.54) is 12.0 Å². The van der Waals surface area contributed by atoms with E-state index in [0.29, 0.717) is 0 Å². The van der Waals surface area contributed by atoms with Gasteiger partial charge in [-0.1, -0.05) is 0 Å². The Balaban J connectivity index is 2.64. The Hall–Kier alpha value is -0.820. The first-order valence-corrected chi connectivity index (χ1v) is 4.84. The van der Waals surface area contributed by atoms with Crippen molar-refractivity contribution >= 4 is 5.97 Å². The van der Waals surface area contributed by atoms with Crippen LogP contribution in [0.25, 0.3) is 0 Å². The number of likely N-dealkylation sites (tertiary alicyclic amines) is 1.